The van der Waals surface area contributed by atoms with Crippen molar-refractivity contribution in [3.63, 3.8) is 0 Å². The summed E-state index contributed by atoms with van der Waals surface area (Å²) in [5.74, 6) is -0.0838. The van der Waals surface area contributed by atoms with Crippen LogP contribution in [0.2, 0.25) is 5.02 Å². The van der Waals surface area contributed by atoms with E-state index in [9.17, 15) is 14.7 Å². The van der Waals surface area contributed by atoms with Crippen LogP contribution in [0.5, 0.6) is 17.2 Å². The molecule has 152 valence electrons. The van der Waals surface area contributed by atoms with Gasteiger partial charge in [0.15, 0.2) is 0 Å². The van der Waals surface area contributed by atoms with Gasteiger partial charge < -0.3 is 19.9 Å². The SMILES string of the molecule is O=C(Nc1ccc(Cl)cc1)c1ccc(Oc2ccc3c(c2)OCCC3C(=O)O)cc1. The van der Waals surface area contributed by atoms with Crippen LogP contribution in [0.15, 0.2) is 66.7 Å². The zero-order chi connectivity index (χ0) is 21.1. The van der Waals surface area contributed by atoms with E-state index in [0.29, 0.717) is 52.1 Å². The van der Waals surface area contributed by atoms with Gasteiger partial charge in [0.05, 0.1) is 12.5 Å². The molecule has 1 aliphatic rings. The number of carbonyl (C=O) groups excluding carboxylic acids is 1. The number of hydrogen-bond acceptors (Lipinski definition) is 4. The normalized spacial score (nSPS) is 14.9. The van der Waals surface area contributed by atoms with Gasteiger partial charge in [-0.2, -0.15) is 0 Å². The lowest BCUT2D eigenvalue weighted by atomic mass is 9.93. The van der Waals surface area contributed by atoms with Crippen molar-refractivity contribution >= 4 is 29.2 Å². The Morgan fingerprint density at radius 2 is 1.70 bits per heavy atom. The molecule has 3 aromatic carbocycles. The second kappa shape index (κ2) is 8.47. The minimum absolute atomic E-state index is 0.245. The average Bonchev–Trinajstić information content (AvgIpc) is 2.75. The third kappa shape index (κ3) is 4.39. The second-order valence-corrected chi connectivity index (χ2v) is 7.25. The molecule has 1 atom stereocenters. The molecule has 2 N–H and O–H groups in total. The smallest absolute Gasteiger partial charge is 0.311 e. The van der Waals surface area contributed by atoms with Crippen molar-refractivity contribution < 1.29 is 24.2 Å². The molecule has 1 amide bonds. The van der Waals surface area contributed by atoms with Gasteiger partial charge in [-0.15, -0.1) is 0 Å². The molecule has 0 saturated heterocycles. The van der Waals surface area contributed by atoms with E-state index in [1.807, 2.05) is 0 Å². The van der Waals surface area contributed by atoms with Crippen molar-refractivity contribution in [2.75, 3.05) is 11.9 Å². The molecule has 0 saturated carbocycles. The molecule has 0 aromatic heterocycles. The number of carboxylic acids is 1. The van der Waals surface area contributed by atoms with Gasteiger partial charge in [0.2, 0.25) is 0 Å². The second-order valence-electron chi connectivity index (χ2n) is 6.82. The first-order valence-electron chi connectivity index (χ1n) is 9.34. The summed E-state index contributed by atoms with van der Waals surface area (Å²) in [5.41, 5.74) is 1.78. The summed E-state index contributed by atoms with van der Waals surface area (Å²) in [6.45, 7) is 0.352. The van der Waals surface area contributed by atoms with E-state index in [-0.39, 0.29) is 5.91 Å². The number of nitrogens with one attached hydrogen (secondary N) is 1. The van der Waals surface area contributed by atoms with Crippen LogP contribution in [0.1, 0.15) is 28.3 Å². The summed E-state index contributed by atoms with van der Waals surface area (Å²) in [6.07, 6.45) is 0.447. The molecule has 30 heavy (non-hydrogen) atoms. The number of benzene rings is 3. The number of amides is 1. The fourth-order valence-electron chi connectivity index (χ4n) is 3.24. The number of anilines is 1. The van der Waals surface area contributed by atoms with Crippen molar-refractivity contribution in [3.8, 4) is 17.2 Å². The van der Waals surface area contributed by atoms with Gasteiger partial charge in [0, 0.05) is 27.9 Å². The molecular weight excluding hydrogens is 406 g/mol. The number of fused-ring (bicyclic) bond motifs is 1. The Bertz CT molecular complexity index is 1080. The number of aliphatic carboxylic acids is 1. The van der Waals surface area contributed by atoms with Crippen LogP contribution in [0, 0.1) is 0 Å². The van der Waals surface area contributed by atoms with Gasteiger partial charge in [-0.25, -0.2) is 0 Å². The molecule has 1 aliphatic heterocycles. The number of rotatable bonds is 5. The van der Waals surface area contributed by atoms with Crippen molar-refractivity contribution in [2.45, 2.75) is 12.3 Å². The van der Waals surface area contributed by atoms with Crippen LogP contribution in [0.4, 0.5) is 5.69 Å². The average molecular weight is 424 g/mol. The molecule has 0 fully saturated rings. The number of halogens is 1. The van der Waals surface area contributed by atoms with Gasteiger partial charge in [0.1, 0.15) is 17.2 Å². The molecule has 1 unspecified atom stereocenters. The van der Waals surface area contributed by atoms with Gasteiger partial charge >= 0.3 is 5.97 Å². The summed E-state index contributed by atoms with van der Waals surface area (Å²) in [4.78, 5) is 23.8. The number of hydrogen-bond donors (Lipinski definition) is 2. The molecule has 0 aliphatic carbocycles. The maximum atomic E-state index is 12.4. The highest BCUT2D eigenvalue weighted by atomic mass is 35.5. The zero-order valence-corrected chi connectivity index (χ0v) is 16.6. The summed E-state index contributed by atoms with van der Waals surface area (Å²) >= 11 is 5.85. The lowest BCUT2D eigenvalue weighted by Crippen LogP contribution is -2.20. The monoisotopic (exact) mass is 423 g/mol. The Hall–Kier alpha value is -3.51. The third-order valence-electron chi connectivity index (χ3n) is 4.78. The number of carboxylic acid groups (broad SMARTS) is 1. The fraction of sp³-hybridized carbons (Fsp3) is 0.130. The first kappa shape index (κ1) is 19.8. The molecule has 0 bridgehead atoms. The summed E-state index contributed by atoms with van der Waals surface area (Å²) in [7, 11) is 0. The summed E-state index contributed by atoms with van der Waals surface area (Å²) < 4.78 is 11.4. The Kier molecular flexibility index (Phi) is 5.59. The maximum absolute atomic E-state index is 12.4. The van der Waals surface area contributed by atoms with Gasteiger partial charge in [-0.3, -0.25) is 9.59 Å². The van der Waals surface area contributed by atoms with E-state index < -0.39 is 11.9 Å². The summed E-state index contributed by atoms with van der Waals surface area (Å²) in [5, 5.41) is 12.7. The summed E-state index contributed by atoms with van der Waals surface area (Å²) in [6, 6.07) is 18.7. The molecule has 0 spiro atoms. The van der Waals surface area contributed by atoms with Crippen molar-refractivity contribution in [2.24, 2.45) is 0 Å². The van der Waals surface area contributed by atoms with Crippen LogP contribution in [-0.4, -0.2) is 23.6 Å². The van der Waals surface area contributed by atoms with Crippen LogP contribution in [0.25, 0.3) is 0 Å². The maximum Gasteiger partial charge on any atom is 0.311 e. The standard InChI is InChI=1S/C23H18ClNO5/c24-15-3-5-16(6-4-15)25-22(26)14-1-7-17(8-2-14)30-18-9-10-19-20(23(27)28)11-12-29-21(19)13-18/h1-10,13,20H,11-12H2,(H,25,26)(H,27,28). The lowest BCUT2D eigenvalue weighted by Gasteiger charge is -2.23. The third-order valence-corrected chi connectivity index (χ3v) is 5.03. The molecule has 6 nitrogen and oxygen atoms in total. The predicted octanol–water partition coefficient (Wildman–Crippen LogP) is 5.34. The molecular formula is C23H18ClNO5. The Morgan fingerprint density at radius 1 is 1.00 bits per heavy atom. The number of ether oxygens (including phenoxy) is 2. The molecule has 3 aromatic rings. The van der Waals surface area contributed by atoms with Crippen LogP contribution in [-0.2, 0) is 4.79 Å². The van der Waals surface area contributed by atoms with Crippen molar-refractivity contribution in [1.29, 1.82) is 0 Å². The Morgan fingerprint density at radius 3 is 2.40 bits per heavy atom. The molecule has 1 heterocycles. The van der Waals surface area contributed by atoms with Gasteiger partial charge in [0.25, 0.3) is 5.91 Å². The quantitative estimate of drug-likeness (QED) is 0.579. The Balaban J connectivity index is 1.44. The van der Waals surface area contributed by atoms with E-state index in [1.54, 1.807) is 66.7 Å². The molecule has 4 rings (SSSR count). The van der Waals surface area contributed by atoms with E-state index in [0.717, 1.165) is 0 Å². The van der Waals surface area contributed by atoms with Crippen LogP contribution in [0.3, 0.4) is 0 Å². The van der Waals surface area contributed by atoms with Gasteiger partial charge in [-0.05, 0) is 61.0 Å². The largest absolute Gasteiger partial charge is 0.493 e. The van der Waals surface area contributed by atoms with Gasteiger partial charge in [-0.1, -0.05) is 17.7 Å². The first-order valence-corrected chi connectivity index (χ1v) is 9.72. The number of carbonyl (C=O) groups is 2. The minimum Gasteiger partial charge on any atom is -0.493 e. The fourth-order valence-corrected chi connectivity index (χ4v) is 3.36. The minimum atomic E-state index is -0.860. The topological polar surface area (TPSA) is 84.9 Å². The van der Waals surface area contributed by atoms with E-state index in [4.69, 9.17) is 21.1 Å². The zero-order valence-electron chi connectivity index (χ0n) is 15.8. The highest BCUT2D eigenvalue weighted by molar-refractivity contribution is 6.30. The van der Waals surface area contributed by atoms with Crippen molar-refractivity contribution in [1.82, 2.24) is 0 Å². The highest BCUT2D eigenvalue weighted by Gasteiger charge is 2.27. The van der Waals surface area contributed by atoms with E-state index in [1.165, 1.54) is 0 Å². The predicted molar refractivity (Wildman–Crippen MR) is 113 cm³/mol. The lowest BCUT2D eigenvalue weighted by molar-refractivity contribution is -0.139. The molecule has 0 radical (unpaired) electrons. The molecule has 7 heteroatoms. The van der Waals surface area contributed by atoms with Crippen LogP contribution < -0.4 is 14.8 Å². The van der Waals surface area contributed by atoms with E-state index in [2.05, 4.69) is 5.32 Å². The first-order chi connectivity index (χ1) is 14.5. The van der Waals surface area contributed by atoms with E-state index >= 15 is 0 Å². The van der Waals surface area contributed by atoms with Crippen molar-refractivity contribution in [3.05, 3.63) is 82.9 Å². The van der Waals surface area contributed by atoms with Crippen LogP contribution >= 0.6 is 11.6 Å². The highest BCUT2D eigenvalue weighted by Crippen LogP contribution is 2.37. The Labute approximate surface area is 178 Å².